The Morgan fingerprint density at radius 3 is 2.33 bits per heavy atom. The number of hydrogen-bond acceptors (Lipinski definition) is 6. The lowest BCUT2D eigenvalue weighted by Crippen LogP contribution is -1.96. The molecule has 0 aliphatic heterocycles. The second-order valence-corrected chi connectivity index (χ2v) is 5.95. The lowest BCUT2D eigenvalue weighted by molar-refractivity contribution is 0.184. The van der Waals surface area contributed by atoms with Gasteiger partial charge in [0, 0.05) is 11.8 Å². The topological polar surface area (TPSA) is 93.3 Å². The van der Waals surface area contributed by atoms with Crippen molar-refractivity contribution in [3.8, 4) is 11.5 Å². The summed E-state index contributed by atoms with van der Waals surface area (Å²) in [6.07, 6.45) is 0.332. The molecule has 7 heteroatoms. The summed E-state index contributed by atoms with van der Waals surface area (Å²) in [4.78, 5) is 4.22. The molecule has 18 heavy (non-hydrogen) atoms. The van der Waals surface area contributed by atoms with E-state index in [1.54, 1.807) is 12.1 Å². The van der Waals surface area contributed by atoms with Gasteiger partial charge >= 0.3 is 0 Å². The molecule has 2 rings (SSSR count). The highest BCUT2D eigenvalue weighted by molar-refractivity contribution is 7.90. The van der Waals surface area contributed by atoms with Crippen LogP contribution in [0.1, 0.15) is 18.9 Å². The van der Waals surface area contributed by atoms with Crippen LogP contribution in [0.15, 0.2) is 33.7 Å². The minimum atomic E-state index is -3.22. The number of sulfone groups is 1. The molecule has 0 fully saturated rings. The highest BCUT2D eigenvalue weighted by Crippen LogP contribution is 2.21. The lowest BCUT2D eigenvalue weighted by Gasteiger charge is -1.98. The first kappa shape index (κ1) is 12.7. The Morgan fingerprint density at radius 2 is 1.89 bits per heavy atom. The number of aromatic nitrogens is 2. The Labute approximate surface area is 104 Å². The number of hydrogen-bond donors (Lipinski definition) is 1. The van der Waals surface area contributed by atoms with Crippen LogP contribution in [0.25, 0.3) is 11.5 Å². The minimum Gasteiger partial charge on any atom is -0.385 e. The second kappa shape index (κ2) is 4.51. The molecule has 1 aromatic carbocycles. The predicted octanol–water partition coefficient (Wildman–Crippen LogP) is 1.19. The van der Waals surface area contributed by atoms with Gasteiger partial charge in [0.25, 0.3) is 5.89 Å². The maximum Gasteiger partial charge on any atom is 0.258 e. The summed E-state index contributed by atoms with van der Waals surface area (Å²) in [5.41, 5.74) is 0.599. The van der Waals surface area contributed by atoms with E-state index in [9.17, 15) is 13.5 Å². The van der Waals surface area contributed by atoms with Crippen molar-refractivity contribution in [1.29, 1.82) is 0 Å². The third kappa shape index (κ3) is 2.57. The van der Waals surface area contributed by atoms with Gasteiger partial charge in [0.1, 0.15) is 6.10 Å². The van der Waals surface area contributed by atoms with Crippen molar-refractivity contribution in [3.05, 3.63) is 30.1 Å². The van der Waals surface area contributed by atoms with E-state index in [0.29, 0.717) is 5.56 Å². The first-order chi connectivity index (χ1) is 8.38. The maximum atomic E-state index is 11.3. The Morgan fingerprint density at radius 1 is 1.28 bits per heavy atom. The Hall–Kier alpha value is -1.73. The molecule has 0 radical (unpaired) electrons. The first-order valence-electron chi connectivity index (χ1n) is 5.20. The first-order valence-corrected chi connectivity index (χ1v) is 7.09. The van der Waals surface area contributed by atoms with Gasteiger partial charge in [0.05, 0.1) is 4.90 Å². The minimum absolute atomic E-state index is 0.192. The van der Waals surface area contributed by atoms with Crippen molar-refractivity contribution in [2.75, 3.05) is 6.26 Å². The summed E-state index contributed by atoms with van der Waals surface area (Å²) < 4.78 is 27.5. The summed E-state index contributed by atoms with van der Waals surface area (Å²) in [6, 6.07) is 6.10. The van der Waals surface area contributed by atoms with Gasteiger partial charge in [-0.25, -0.2) is 8.42 Å². The van der Waals surface area contributed by atoms with E-state index in [1.165, 1.54) is 19.1 Å². The summed E-state index contributed by atoms with van der Waals surface area (Å²) >= 11 is 0. The molecule has 1 unspecified atom stereocenters. The predicted molar refractivity (Wildman–Crippen MR) is 63.5 cm³/mol. The average Bonchev–Trinajstić information content (AvgIpc) is 2.77. The van der Waals surface area contributed by atoms with Crippen LogP contribution in [0.4, 0.5) is 0 Å². The van der Waals surface area contributed by atoms with E-state index < -0.39 is 15.9 Å². The van der Waals surface area contributed by atoms with Crippen molar-refractivity contribution in [2.45, 2.75) is 17.9 Å². The van der Waals surface area contributed by atoms with Crippen LogP contribution in [-0.4, -0.2) is 29.9 Å². The van der Waals surface area contributed by atoms with Crippen LogP contribution in [-0.2, 0) is 9.84 Å². The molecule has 1 atom stereocenters. The lowest BCUT2D eigenvalue weighted by atomic mass is 10.2. The maximum absolute atomic E-state index is 11.3. The molecule has 6 nitrogen and oxygen atoms in total. The molecule has 96 valence electrons. The van der Waals surface area contributed by atoms with Gasteiger partial charge in [-0.15, -0.1) is 0 Å². The number of aliphatic hydroxyl groups excluding tert-OH is 1. The third-order valence-electron chi connectivity index (χ3n) is 2.34. The van der Waals surface area contributed by atoms with Gasteiger partial charge in [0.15, 0.2) is 15.7 Å². The zero-order valence-electron chi connectivity index (χ0n) is 9.86. The van der Waals surface area contributed by atoms with Gasteiger partial charge in [-0.1, -0.05) is 5.16 Å². The smallest absolute Gasteiger partial charge is 0.258 e. The van der Waals surface area contributed by atoms with E-state index in [0.717, 1.165) is 6.26 Å². The highest BCUT2D eigenvalue weighted by atomic mass is 32.2. The quantitative estimate of drug-likeness (QED) is 0.898. The molecule has 0 bridgehead atoms. The summed E-state index contributed by atoms with van der Waals surface area (Å²) in [5.74, 6) is 0.433. The molecule has 0 aliphatic rings. The average molecular weight is 268 g/mol. The summed E-state index contributed by atoms with van der Waals surface area (Å²) in [7, 11) is -3.22. The van der Waals surface area contributed by atoms with Crippen LogP contribution in [0.5, 0.6) is 0 Å². The SMILES string of the molecule is CC(O)c1noc(-c2ccc(S(C)(=O)=O)cc2)n1. The largest absolute Gasteiger partial charge is 0.385 e. The van der Waals surface area contributed by atoms with Crippen molar-refractivity contribution in [3.63, 3.8) is 0 Å². The van der Waals surface area contributed by atoms with Crippen LogP contribution < -0.4 is 0 Å². The molecule has 1 heterocycles. The van der Waals surface area contributed by atoms with Crippen molar-refractivity contribution in [2.24, 2.45) is 0 Å². The van der Waals surface area contributed by atoms with Crippen molar-refractivity contribution >= 4 is 9.84 Å². The molecule has 0 amide bonds. The van der Waals surface area contributed by atoms with Gasteiger partial charge in [0.2, 0.25) is 0 Å². The fourth-order valence-electron chi connectivity index (χ4n) is 1.37. The highest BCUT2D eigenvalue weighted by Gasteiger charge is 2.13. The fourth-order valence-corrected chi connectivity index (χ4v) is 2.00. The number of benzene rings is 1. The molecule has 1 N–H and O–H groups in total. The number of rotatable bonds is 3. The molecule has 0 spiro atoms. The van der Waals surface area contributed by atoms with Crippen LogP contribution in [0.3, 0.4) is 0 Å². The molecular formula is C11H12N2O4S. The van der Waals surface area contributed by atoms with Crippen molar-refractivity contribution < 1.29 is 18.0 Å². The molecule has 2 aromatic rings. The number of nitrogens with zero attached hydrogens (tertiary/aromatic N) is 2. The molecule has 1 aromatic heterocycles. The van der Waals surface area contributed by atoms with Crippen LogP contribution in [0.2, 0.25) is 0 Å². The van der Waals surface area contributed by atoms with E-state index in [-0.39, 0.29) is 16.6 Å². The molecule has 0 aliphatic carbocycles. The number of aliphatic hydroxyl groups is 1. The standard InChI is InChI=1S/C11H12N2O4S/c1-7(14)10-12-11(17-13-10)8-3-5-9(6-4-8)18(2,15)16/h3-7,14H,1-2H3. The van der Waals surface area contributed by atoms with E-state index >= 15 is 0 Å². The third-order valence-corrected chi connectivity index (χ3v) is 3.47. The normalized spacial score (nSPS) is 13.5. The molecule has 0 saturated heterocycles. The van der Waals surface area contributed by atoms with Gasteiger partial charge < -0.3 is 9.63 Å². The Kier molecular flexibility index (Phi) is 3.18. The van der Waals surface area contributed by atoms with E-state index in [1.807, 2.05) is 0 Å². The van der Waals surface area contributed by atoms with Crippen LogP contribution >= 0.6 is 0 Å². The Balaban J connectivity index is 2.34. The summed E-state index contributed by atoms with van der Waals surface area (Å²) in [6.45, 7) is 1.53. The molecule has 0 saturated carbocycles. The second-order valence-electron chi connectivity index (χ2n) is 3.93. The fraction of sp³-hybridized carbons (Fsp3) is 0.273. The summed E-state index contributed by atoms with van der Waals surface area (Å²) in [5, 5.41) is 12.9. The zero-order chi connectivity index (χ0) is 13.3. The molecular weight excluding hydrogens is 256 g/mol. The van der Waals surface area contributed by atoms with Gasteiger partial charge in [-0.2, -0.15) is 4.98 Å². The van der Waals surface area contributed by atoms with Gasteiger partial charge in [-0.3, -0.25) is 0 Å². The van der Waals surface area contributed by atoms with Gasteiger partial charge in [-0.05, 0) is 31.2 Å². The van der Waals surface area contributed by atoms with Crippen LogP contribution in [0, 0.1) is 0 Å². The van der Waals surface area contributed by atoms with E-state index in [4.69, 9.17) is 4.52 Å². The Bertz CT molecular complexity index is 644. The zero-order valence-corrected chi connectivity index (χ0v) is 10.7. The monoisotopic (exact) mass is 268 g/mol. The van der Waals surface area contributed by atoms with E-state index in [2.05, 4.69) is 10.1 Å². The van der Waals surface area contributed by atoms with Crippen molar-refractivity contribution in [1.82, 2.24) is 10.1 Å².